The second-order valence-electron chi connectivity index (χ2n) is 4.04. The number of hydrogen-bond acceptors (Lipinski definition) is 5. The van der Waals surface area contributed by atoms with Crippen LogP contribution in [0.3, 0.4) is 0 Å². The summed E-state index contributed by atoms with van der Waals surface area (Å²) in [6.07, 6.45) is 0. The molecule has 19 heavy (non-hydrogen) atoms. The Morgan fingerprint density at radius 3 is 2.89 bits per heavy atom. The summed E-state index contributed by atoms with van der Waals surface area (Å²) in [6, 6.07) is 5.19. The van der Waals surface area contributed by atoms with Gasteiger partial charge in [0, 0.05) is 6.61 Å². The van der Waals surface area contributed by atoms with Gasteiger partial charge in [0.15, 0.2) is 0 Å². The van der Waals surface area contributed by atoms with Crippen LogP contribution in [0.4, 0.5) is 0 Å². The molecule has 0 atom stereocenters. The van der Waals surface area contributed by atoms with Crippen LogP contribution < -0.4 is 10.5 Å². The lowest BCUT2D eigenvalue weighted by Gasteiger charge is -2.18. The smallest absolute Gasteiger partial charge is 0.259 e. The van der Waals surface area contributed by atoms with Crippen molar-refractivity contribution < 1.29 is 17.9 Å². The van der Waals surface area contributed by atoms with E-state index in [1.54, 1.807) is 18.2 Å². The molecule has 0 bridgehead atoms. The van der Waals surface area contributed by atoms with Crippen LogP contribution in [0.2, 0.25) is 0 Å². The third kappa shape index (κ3) is 3.24. The van der Waals surface area contributed by atoms with Gasteiger partial charge in [0.2, 0.25) is 0 Å². The summed E-state index contributed by atoms with van der Waals surface area (Å²) in [5.41, 5.74) is 6.89. The van der Waals surface area contributed by atoms with Gasteiger partial charge in [-0.2, -0.15) is 0 Å². The summed E-state index contributed by atoms with van der Waals surface area (Å²) in [7, 11) is -3.51. The van der Waals surface area contributed by atoms with Crippen molar-refractivity contribution in [2.45, 2.75) is 12.7 Å². The summed E-state index contributed by atoms with van der Waals surface area (Å²) in [5.74, 6) is 0.368. The first-order valence-corrected chi connectivity index (χ1v) is 7.55. The Hall–Kier alpha value is -1.60. The van der Waals surface area contributed by atoms with Gasteiger partial charge in [0.05, 0.1) is 17.9 Å². The molecule has 7 heteroatoms. The zero-order valence-corrected chi connectivity index (χ0v) is 11.4. The van der Waals surface area contributed by atoms with Crippen molar-refractivity contribution in [3.63, 3.8) is 0 Å². The Morgan fingerprint density at radius 1 is 1.37 bits per heavy atom. The fourth-order valence-corrected chi connectivity index (χ4v) is 2.98. The summed E-state index contributed by atoms with van der Waals surface area (Å²) < 4.78 is 37.3. The van der Waals surface area contributed by atoms with E-state index in [1.807, 2.05) is 6.92 Å². The molecule has 2 N–H and O–H groups in total. The van der Waals surface area contributed by atoms with Gasteiger partial charge in [0.25, 0.3) is 10.0 Å². The average Bonchev–Trinajstić information content (AvgIpc) is 2.32. The van der Waals surface area contributed by atoms with Crippen molar-refractivity contribution in [2.24, 2.45) is 10.1 Å². The van der Waals surface area contributed by atoms with Gasteiger partial charge < -0.3 is 15.2 Å². The molecule has 0 radical (unpaired) electrons. The Balaban J connectivity index is 2.24. The minimum Gasteiger partial charge on any atom is -0.490 e. The molecule has 1 aliphatic rings. The highest BCUT2D eigenvalue weighted by molar-refractivity contribution is 7.89. The van der Waals surface area contributed by atoms with Gasteiger partial charge in [-0.1, -0.05) is 12.1 Å². The molecule has 0 unspecified atom stereocenters. The number of amidine groups is 1. The van der Waals surface area contributed by atoms with E-state index in [-0.39, 0.29) is 11.6 Å². The predicted octanol–water partition coefficient (Wildman–Crippen LogP) is 0.651. The molecule has 6 nitrogen and oxygen atoms in total. The quantitative estimate of drug-likeness (QED) is 0.802. The van der Waals surface area contributed by atoms with Gasteiger partial charge in [-0.25, -0.2) is 8.42 Å². The molecule has 2 rings (SSSR count). The average molecular weight is 284 g/mol. The molecule has 1 aliphatic heterocycles. The summed E-state index contributed by atoms with van der Waals surface area (Å²) in [4.78, 5) is 0. The third-order valence-corrected chi connectivity index (χ3v) is 3.78. The molecular weight excluding hydrogens is 268 g/mol. The number of rotatable bonds is 5. The monoisotopic (exact) mass is 284 g/mol. The molecule has 0 aliphatic carbocycles. The van der Waals surface area contributed by atoms with Crippen molar-refractivity contribution in [1.29, 1.82) is 0 Å². The molecular formula is C12H16N2O4S. The summed E-state index contributed by atoms with van der Waals surface area (Å²) in [6.45, 7) is 3.37. The molecule has 1 heterocycles. The Morgan fingerprint density at radius 2 is 2.16 bits per heavy atom. The number of sulfonamides is 1. The van der Waals surface area contributed by atoms with E-state index in [4.69, 9.17) is 15.2 Å². The SMILES string of the molecule is CCOCCOc1cccc2c1C(N)=NS(=O)(=O)C2. The molecule has 104 valence electrons. The van der Waals surface area contributed by atoms with Crippen molar-refractivity contribution >= 4 is 15.9 Å². The van der Waals surface area contributed by atoms with Crippen LogP contribution in [0.1, 0.15) is 18.1 Å². The summed E-state index contributed by atoms with van der Waals surface area (Å²) in [5, 5.41) is 0. The van der Waals surface area contributed by atoms with Crippen LogP contribution in [0, 0.1) is 0 Å². The minimum absolute atomic E-state index is 0.0201. The van der Waals surface area contributed by atoms with Crippen molar-refractivity contribution in [3.05, 3.63) is 29.3 Å². The molecule has 1 aromatic rings. The highest BCUT2D eigenvalue weighted by Gasteiger charge is 2.24. The Kier molecular flexibility index (Phi) is 4.06. The van der Waals surface area contributed by atoms with Gasteiger partial charge in [0.1, 0.15) is 18.2 Å². The molecule has 0 fully saturated rings. The molecule has 0 spiro atoms. The highest BCUT2D eigenvalue weighted by atomic mass is 32.2. The molecule has 0 aromatic heterocycles. The van der Waals surface area contributed by atoms with Crippen LogP contribution >= 0.6 is 0 Å². The van der Waals surface area contributed by atoms with E-state index in [0.717, 1.165) is 0 Å². The van der Waals surface area contributed by atoms with Crippen LogP contribution in [0.15, 0.2) is 22.6 Å². The standard InChI is InChI=1S/C12H16N2O4S/c1-2-17-6-7-18-10-5-3-4-9-8-19(15,16)14-12(13)11(9)10/h3-5H,2,6-8H2,1H3,(H2,13,14). The fraction of sp³-hybridized carbons (Fsp3) is 0.417. The highest BCUT2D eigenvalue weighted by Crippen LogP contribution is 2.27. The van der Waals surface area contributed by atoms with E-state index >= 15 is 0 Å². The maximum atomic E-state index is 11.5. The normalized spacial score (nSPS) is 16.6. The van der Waals surface area contributed by atoms with Gasteiger partial charge in [-0.15, -0.1) is 4.40 Å². The molecule has 0 saturated heterocycles. The van der Waals surface area contributed by atoms with E-state index in [1.165, 1.54) is 0 Å². The first kappa shape index (κ1) is 13.8. The van der Waals surface area contributed by atoms with Crippen molar-refractivity contribution in [2.75, 3.05) is 19.8 Å². The Labute approximate surface area is 112 Å². The predicted molar refractivity (Wildman–Crippen MR) is 71.8 cm³/mol. The van der Waals surface area contributed by atoms with Crippen LogP contribution in [0.5, 0.6) is 5.75 Å². The lowest BCUT2D eigenvalue weighted by Crippen LogP contribution is -2.25. The maximum absolute atomic E-state index is 11.5. The second kappa shape index (κ2) is 5.58. The Bertz CT molecular complexity index is 596. The minimum atomic E-state index is -3.51. The number of hydrogen-bond donors (Lipinski definition) is 1. The fourth-order valence-electron chi connectivity index (χ4n) is 1.89. The third-order valence-electron chi connectivity index (χ3n) is 2.63. The molecule has 0 saturated carbocycles. The largest absolute Gasteiger partial charge is 0.490 e. The number of fused-ring (bicyclic) bond motifs is 1. The van der Waals surface area contributed by atoms with E-state index < -0.39 is 10.0 Å². The zero-order valence-electron chi connectivity index (χ0n) is 10.6. The number of benzene rings is 1. The van der Waals surface area contributed by atoms with E-state index in [0.29, 0.717) is 36.7 Å². The topological polar surface area (TPSA) is 91.0 Å². The van der Waals surface area contributed by atoms with Crippen molar-refractivity contribution in [1.82, 2.24) is 0 Å². The molecule has 1 aromatic carbocycles. The lowest BCUT2D eigenvalue weighted by molar-refractivity contribution is 0.110. The van der Waals surface area contributed by atoms with Gasteiger partial charge in [-0.05, 0) is 18.6 Å². The van der Waals surface area contributed by atoms with Crippen molar-refractivity contribution in [3.8, 4) is 5.75 Å². The number of nitrogens with zero attached hydrogens (tertiary/aromatic N) is 1. The van der Waals surface area contributed by atoms with Crippen LogP contribution in [-0.2, 0) is 20.5 Å². The summed E-state index contributed by atoms with van der Waals surface area (Å²) >= 11 is 0. The number of ether oxygens (including phenoxy) is 2. The number of nitrogens with two attached hydrogens (primary N) is 1. The first-order chi connectivity index (χ1) is 9.03. The first-order valence-electron chi connectivity index (χ1n) is 5.94. The lowest BCUT2D eigenvalue weighted by atomic mass is 10.1. The van der Waals surface area contributed by atoms with E-state index in [2.05, 4.69) is 4.40 Å². The van der Waals surface area contributed by atoms with Crippen LogP contribution in [0.25, 0.3) is 0 Å². The zero-order chi connectivity index (χ0) is 13.9. The van der Waals surface area contributed by atoms with E-state index in [9.17, 15) is 8.42 Å². The van der Waals surface area contributed by atoms with Crippen LogP contribution in [-0.4, -0.2) is 34.1 Å². The second-order valence-corrected chi connectivity index (χ2v) is 5.67. The van der Waals surface area contributed by atoms with Gasteiger partial charge >= 0.3 is 0 Å². The maximum Gasteiger partial charge on any atom is 0.259 e. The molecule has 0 amide bonds. The van der Waals surface area contributed by atoms with Gasteiger partial charge in [-0.3, -0.25) is 0 Å².